The third-order valence-electron chi connectivity index (χ3n) is 2.02. The molecule has 0 unspecified atom stereocenters. The van der Waals surface area contributed by atoms with Crippen molar-refractivity contribution in [2.75, 3.05) is 12.6 Å². The Morgan fingerprint density at radius 1 is 0.895 bits per heavy atom. The molecule has 4 N–H and O–H groups in total. The molecule has 7 nitrogen and oxygen atoms in total. The summed E-state index contributed by atoms with van der Waals surface area (Å²) in [4.78, 5) is 36.6. The quantitative estimate of drug-likeness (QED) is 0.442. The van der Waals surface area contributed by atoms with E-state index in [4.69, 9.17) is 19.6 Å². The van der Waals surface area contributed by atoms with Crippen LogP contribution in [0.15, 0.2) is 30.3 Å². The van der Waals surface area contributed by atoms with Gasteiger partial charge in [-0.15, -0.1) is 0 Å². The summed E-state index contributed by atoms with van der Waals surface area (Å²) in [5.41, 5.74) is 0.722. The molecule has 10 heteroatoms. The first-order chi connectivity index (χ1) is 8.16. The Labute approximate surface area is 133 Å². The minimum absolute atomic E-state index is 0. The molecule has 0 amide bonds. The number of hydrogen-bond acceptors (Lipinski definition) is 3. The molecule has 0 aliphatic heterocycles. The molecule has 0 aliphatic carbocycles. The smallest absolute Gasteiger partial charge is 0.324 e. The van der Waals surface area contributed by atoms with Crippen LogP contribution in [0.25, 0.3) is 0 Å². The topological polar surface area (TPSA) is 118 Å². The molecule has 0 spiro atoms. The largest absolute Gasteiger partial charge is 0.339 e. The zero-order valence-corrected chi connectivity index (χ0v) is 14.2. The molecule has 1 rings (SSSR count). The van der Waals surface area contributed by atoms with Crippen molar-refractivity contribution in [3.8, 4) is 0 Å². The van der Waals surface area contributed by atoms with Gasteiger partial charge in [-0.3, -0.25) is 14.0 Å². The van der Waals surface area contributed by atoms with Gasteiger partial charge in [-0.25, -0.2) is 0 Å². The van der Waals surface area contributed by atoms with Gasteiger partial charge in [0.25, 0.3) is 0 Å². The van der Waals surface area contributed by atoms with Crippen LogP contribution < -0.4 is 0 Å². The first kappa shape index (κ1) is 19.5. The molecule has 19 heavy (non-hydrogen) atoms. The molecule has 0 atom stereocenters. The number of hydrogen-bond donors (Lipinski definition) is 4. The molecule has 0 saturated carbocycles. The standard InChI is InChI=1S/C9H15NO6P2.Na/c11-17(12,13)7-10(8-18(14,15)16)6-9-4-2-1-3-5-9;/h1-5H,6-8H2,(H2,11,12,13)(H2,14,15,16);. The Morgan fingerprint density at radius 2 is 1.32 bits per heavy atom. The third kappa shape index (κ3) is 9.93. The van der Waals surface area contributed by atoms with E-state index < -0.39 is 27.8 Å². The van der Waals surface area contributed by atoms with Crippen molar-refractivity contribution in [1.29, 1.82) is 0 Å². The second-order valence-corrected chi connectivity index (χ2v) is 7.15. The van der Waals surface area contributed by atoms with Gasteiger partial charge in [0.15, 0.2) is 0 Å². The minimum Gasteiger partial charge on any atom is -0.324 e. The Kier molecular flexibility index (Phi) is 8.26. The molecule has 103 valence electrons. The average molecular weight is 318 g/mol. The molecule has 1 aromatic carbocycles. The van der Waals surface area contributed by atoms with Crippen molar-refractivity contribution >= 4 is 44.7 Å². The van der Waals surface area contributed by atoms with E-state index in [1.54, 1.807) is 30.3 Å². The molecule has 1 radical (unpaired) electrons. The zero-order valence-electron chi connectivity index (χ0n) is 10.5. The van der Waals surface area contributed by atoms with Gasteiger partial charge in [-0.1, -0.05) is 30.3 Å². The fourth-order valence-electron chi connectivity index (χ4n) is 1.51. The summed E-state index contributed by atoms with van der Waals surface area (Å²) in [6, 6.07) is 8.68. The van der Waals surface area contributed by atoms with E-state index in [1.165, 1.54) is 0 Å². The van der Waals surface area contributed by atoms with Gasteiger partial charge in [0, 0.05) is 36.1 Å². The van der Waals surface area contributed by atoms with Crippen LogP contribution in [0.2, 0.25) is 0 Å². The number of rotatable bonds is 6. The van der Waals surface area contributed by atoms with Crippen LogP contribution >= 0.6 is 15.2 Å². The summed E-state index contributed by atoms with van der Waals surface area (Å²) >= 11 is 0. The molecule has 0 aliphatic rings. The molecule has 0 bridgehead atoms. The van der Waals surface area contributed by atoms with Gasteiger partial charge in [0.2, 0.25) is 0 Å². The van der Waals surface area contributed by atoms with Crippen molar-refractivity contribution in [2.24, 2.45) is 0 Å². The molecular formula is C9H15NNaO6P2. The van der Waals surface area contributed by atoms with E-state index in [1.807, 2.05) is 0 Å². The van der Waals surface area contributed by atoms with Crippen molar-refractivity contribution in [1.82, 2.24) is 4.90 Å². The second-order valence-electron chi connectivity index (χ2n) is 3.93. The van der Waals surface area contributed by atoms with Crippen LogP contribution in [-0.4, -0.2) is 66.6 Å². The Morgan fingerprint density at radius 3 is 1.68 bits per heavy atom. The minimum atomic E-state index is -4.36. The van der Waals surface area contributed by atoms with Crippen LogP contribution in [0.4, 0.5) is 0 Å². The zero-order chi connectivity index (χ0) is 13.8. The van der Waals surface area contributed by atoms with Crippen LogP contribution in [0.5, 0.6) is 0 Å². The first-order valence-electron chi connectivity index (χ1n) is 5.01. The van der Waals surface area contributed by atoms with Gasteiger partial charge in [-0.2, -0.15) is 0 Å². The van der Waals surface area contributed by atoms with Crippen molar-refractivity contribution in [3.05, 3.63) is 35.9 Å². The normalized spacial score (nSPS) is 12.3. The maximum Gasteiger partial charge on any atom is 0.339 e. The Balaban J connectivity index is 0.00000324. The van der Waals surface area contributed by atoms with Crippen LogP contribution in [-0.2, 0) is 15.7 Å². The van der Waals surface area contributed by atoms with E-state index in [9.17, 15) is 9.13 Å². The summed E-state index contributed by atoms with van der Waals surface area (Å²) in [7, 11) is -8.72. The molecule has 0 saturated heterocycles. The van der Waals surface area contributed by atoms with E-state index in [0.717, 1.165) is 10.5 Å². The van der Waals surface area contributed by atoms with Crippen LogP contribution in [0.3, 0.4) is 0 Å². The Bertz CT molecular complexity index is 449. The predicted octanol–water partition coefficient (Wildman–Crippen LogP) is 0.378. The second kappa shape index (κ2) is 8.05. The maximum atomic E-state index is 10.9. The van der Waals surface area contributed by atoms with E-state index in [0.29, 0.717) is 0 Å². The van der Waals surface area contributed by atoms with Gasteiger partial charge >= 0.3 is 15.2 Å². The number of benzene rings is 1. The summed E-state index contributed by atoms with van der Waals surface area (Å²) < 4.78 is 21.8. The molecule has 1 aromatic rings. The SMILES string of the molecule is O=P(O)(O)CN(Cc1ccccc1)CP(=O)(O)O.[Na]. The fourth-order valence-corrected chi connectivity index (χ4v) is 3.11. The first-order valence-corrected chi connectivity index (χ1v) is 8.61. The molecule has 0 aromatic heterocycles. The van der Waals surface area contributed by atoms with Crippen molar-refractivity contribution in [2.45, 2.75) is 6.54 Å². The van der Waals surface area contributed by atoms with Gasteiger partial charge < -0.3 is 19.6 Å². The summed E-state index contributed by atoms with van der Waals surface area (Å²) in [5.74, 6) is 0. The number of nitrogens with zero attached hydrogens (tertiary/aromatic N) is 1. The van der Waals surface area contributed by atoms with E-state index in [-0.39, 0.29) is 36.1 Å². The van der Waals surface area contributed by atoms with Crippen molar-refractivity contribution < 1.29 is 28.7 Å². The summed E-state index contributed by atoms with van der Waals surface area (Å²) in [6.07, 6.45) is -1.37. The average Bonchev–Trinajstić information content (AvgIpc) is 2.13. The summed E-state index contributed by atoms with van der Waals surface area (Å²) in [5, 5.41) is 0. The third-order valence-corrected chi connectivity index (χ3v) is 3.55. The predicted molar refractivity (Wildman–Crippen MR) is 71.6 cm³/mol. The maximum absolute atomic E-state index is 10.9. The van der Waals surface area contributed by atoms with Gasteiger partial charge in [0.1, 0.15) is 12.6 Å². The molecular weight excluding hydrogens is 303 g/mol. The fraction of sp³-hybridized carbons (Fsp3) is 0.333. The monoisotopic (exact) mass is 318 g/mol. The van der Waals surface area contributed by atoms with Crippen LogP contribution in [0.1, 0.15) is 5.56 Å². The van der Waals surface area contributed by atoms with E-state index in [2.05, 4.69) is 0 Å². The van der Waals surface area contributed by atoms with Gasteiger partial charge in [-0.05, 0) is 5.56 Å². The van der Waals surface area contributed by atoms with Crippen LogP contribution in [0, 0.1) is 0 Å². The molecule has 0 heterocycles. The summed E-state index contributed by atoms with van der Waals surface area (Å²) in [6.45, 7) is 0.0665. The van der Waals surface area contributed by atoms with Gasteiger partial charge in [0.05, 0.1) is 0 Å². The van der Waals surface area contributed by atoms with E-state index >= 15 is 0 Å². The Hall–Kier alpha value is 0.480. The molecule has 0 fully saturated rings. The van der Waals surface area contributed by atoms with Crippen molar-refractivity contribution in [3.63, 3.8) is 0 Å².